The van der Waals surface area contributed by atoms with E-state index in [1.165, 1.54) is 0 Å². The van der Waals surface area contributed by atoms with Crippen LogP contribution in [0.2, 0.25) is 0 Å². The van der Waals surface area contributed by atoms with Crippen molar-refractivity contribution in [2.75, 3.05) is 30.9 Å². The zero-order valence-electron chi connectivity index (χ0n) is 20.3. The van der Waals surface area contributed by atoms with E-state index in [1.807, 2.05) is 0 Å². The first-order chi connectivity index (χ1) is 16.8. The molecule has 0 heterocycles. The van der Waals surface area contributed by atoms with Gasteiger partial charge in [-0.2, -0.15) is 0 Å². The molecule has 36 heavy (non-hydrogen) atoms. The van der Waals surface area contributed by atoms with Gasteiger partial charge in [0.05, 0.1) is 17.4 Å². The maximum absolute atomic E-state index is 13.6. The molecule has 3 aliphatic rings. The van der Waals surface area contributed by atoms with Gasteiger partial charge in [-0.05, 0) is 36.8 Å². The molecule has 1 saturated carbocycles. The van der Waals surface area contributed by atoms with Crippen LogP contribution in [0.15, 0.2) is 23.0 Å². The van der Waals surface area contributed by atoms with Crippen LogP contribution >= 0.6 is 0 Å². The summed E-state index contributed by atoms with van der Waals surface area (Å²) in [7, 11) is 3.57. The standard InChI is InChI=1S/C25H31N3O8/c1-4-12(29)9-27-14-8-15(28(2)3)13-6-10-5-11-7-16(30)19(24(26)35)23(34)25(11,36)22(33)17(10)21(32)18(13)20(14)31/h8,10-12,27,29,31-32,34,36H,4-7,9H2,1-3H3,(H2,26,35)/t10-,11+,12?,25+/m1/s1. The third kappa shape index (κ3) is 3.61. The molecular formula is C25H31N3O8. The third-order valence-corrected chi connectivity index (χ3v) is 7.52. The molecule has 0 aliphatic heterocycles. The van der Waals surface area contributed by atoms with Gasteiger partial charge in [-0.15, -0.1) is 0 Å². The molecule has 3 aliphatic carbocycles. The lowest BCUT2D eigenvalue weighted by Gasteiger charge is -2.46. The van der Waals surface area contributed by atoms with Crippen LogP contribution in [0.3, 0.4) is 0 Å². The molecule has 1 amide bonds. The second kappa shape index (κ2) is 8.82. The topological polar surface area (TPSA) is 194 Å². The summed E-state index contributed by atoms with van der Waals surface area (Å²) in [5.41, 5.74) is 3.06. The number of anilines is 2. The van der Waals surface area contributed by atoms with Crippen molar-refractivity contribution in [3.63, 3.8) is 0 Å². The average molecular weight is 502 g/mol. The van der Waals surface area contributed by atoms with Gasteiger partial charge in [0, 0.05) is 44.2 Å². The van der Waals surface area contributed by atoms with Gasteiger partial charge in [0.1, 0.15) is 22.8 Å². The van der Waals surface area contributed by atoms with E-state index in [-0.39, 0.29) is 48.4 Å². The number of aliphatic hydroxyl groups is 4. The fourth-order valence-electron chi connectivity index (χ4n) is 5.58. The molecule has 8 N–H and O–H groups in total. The van der Waals surface area contributed by atoms with Crippen LogP contribution in [-0.2, 0) is 20.8 Å². The highest BCUT2D eigenvalue weighted by molar-refractivity contribution is 6.22. The van der Waals surface area contributed by atoms with Crippen LogP contribution in [0.5, 0.6) is 5.75 Å². The summed E-state index contributed by atoms with van der Waals surface area (Å²) in [6.07, 6.45) is -0.269. The van der Waals surface area contributed by atoms with Gasteiger partial charge in [-0.3, -0.25) is 14.4 Å². The summed E-state index contributed by atoms with van der Waals surface area (Å²) < 4.78 is 0. The van der Waals surface area contributed by atoms with E-state index in [0.29, 0.717) is 17.7 Å². The Bertz CT molecular complexity index is 1230. The highest BCUT2D eigenvalue weighted by Crippen LogP contribution is 2.54. The minimum atomic E-state index is -2.60. The number of carbonyl (C=O) groups excluding carboxylic acids is 3. The lowest BCUT2D eigenvalue weighted by Crippen LogP contribution is -2.58. The van der Waals surface area contributed by atoms with Gasteiger partial charge in [0.15, 0.2) is 11.4 Å². The largest absolute Gasteiger partial charge is 0.508 e. The first-order valence-corrected chi connectivity index (χ1v) is 11.8. The van der Waals surface area contributed by atoms with Crippen LogP contribution in [0.1, 0.15) is 37.3 Å². The van der Waals surface area contributed by atoms with Crippen molar-refractivity contribution in [1.29, 1.82) is 0 Å². The van der Waals surface area contributed by atoms with E-state index in [9.17, 15) is 39.9 Å². The molecule has 1 aromatic rings. The fraction of sp³-hybridized carbons (Fsp3) is 0.480. The number of Topliss-reactive ketones (excluding diaryl/α,β-unsaturated/α-hetero) is 2. The Kier molecular flexibility index (Phi) is 6.26. The molecule has 0 saturated heterocycles. The van der Waals surface area contributed by atoms with E-state index < -0.39 is 58.1 Å². The number of aromatic hydroxyl groups is 1. The average Bonchev–Trinajstić information content (AvgIpc) is 2.80. The van der Waals surface area contributed by atoms with Gasteiger partial charge in [0.2, 0.25) is 5.78 Å². The number of nitrogens with zero attached hydrogens (tertiary/aromatic N) is 1. The molecule has 4 rings (SSSR count). The van der Waals surface area contributed by atoms with Crippen molar-refractivity contribution in [2.24, 2.45) is 17.6 Å². The molecule has 1 aromatic carbocycles. The van der Waals surface area contributed by atoms with Crippen LogP contribution in [0.25, 0.3) is 5.76 Å². The van der Waals surface area contributed by atoms with Gasteiger partial charge in [-0.1, -0.05) is 6.92 Å². The number of fused-ring (bicyclic) bond motifs is 3. The number of nitrogens with one attached hydrogen (secondary N) is 1. The van der Waals surface area contributed by atoms with Crippen molar-refractivity contribution in [3.05, 3.63) is 34.1 Å². The minimum Gasteiger partial charge on any atom is -0.508 e. The number of primary amides is 1. The predicted molar refractivity (Wildman–Crippen MR) is 131 cm³/mol. The number of hydrogen-bond donors (Lipinski definition) is 7. The van der Waals surface area contributed by atoms with Crippen LogP contribution in [-0.4, -0.2) is 75.4 Å². The molecule has 11 heteroatoms. The van der Waals surface area contributed by atoms with Crippen molar-refractivity contribution >= 4 is 34.6 Å². The number of benzene rings is 1. The second-order valence-corrected chi connectivity index (χ2v) is 9.89. The maximum atomic E-state index is 13.6. The molecular weight excluding hydrogens is 470 g/mol. The Morgan fingerprint density at radius 1 is 1.25 bits per heavy atom. The molecule has 194 valence electrons. The summed E-state index contributed by atoms with van der Waals surface area (Å²) in [5, 5.41) is 57.3. The predicted octanol–water partition coefficient (Wildman–Crippen LogP) is 0.673. The molecule has 4 atom stereocenters. The Labute approximate surface area is 207 Å². The molecule has 0 spiro atoms. The Morgan fingerprint density at radius 2 is 1.92 bits per heavy atom. The van der Waals surface area contributed by atoms with Crippen LogP contribution < -0.4 is 16.0 Å². The van der Waals surface area contributed by atoms with Crippen molar-refractivity contribution in [2.45, 2.75) is 44.3 Å². The van der Waals surface area contributed by atoms with E-state index >= 15 is 0 Å². The summed E-state index contributed by atoms with van der Waals surface area (Å²) in [4.78, 5) is 39.6. The Hall–Kier alpha value is -3.57. The SMILES string of the molecule is CCC(O)CNc1cc(N(C)C)c2c(c1O)C(O)=C1C(=O)[C@]3(O)C(O)=C(C(N)=O)C(=O)C[C@@H]3C[C@@H]1C2. The van der Waals surface area contributed by atoms with E-state index in [1.54, 1.807) is 32.0 Å². The summed E-state index contributed by atoms with van der Waals surface area (Å²) in [6.45, 7) is 1.94. The molecule has 0 aromatic heterocycles. The number of ketones is 2. The monoisotopic (exact) mass is 501 g/mol. The van der Waals surface area contributed by atoms with Gasteiger partial charge >= 0.3 is 0 Å². The van der Waals surface area contributed by atoms with Crippen molar-refractivity contribution < 1.29 is 39.9 Å². The Morgan fingerprint density at radius 3 is 2.50 bits per heavy atom. The lowest BCUT2D eigenvalue weighted by atomic mass is 9.59. The van der Waals surface area contributed by atoms with Gasteiger partial charge in [0.25, 0.3) is 5.91 Å². The zero-order chi connectivity index (χ0) is 26.7. The van der Waals surface area contributed by atoms with Gasteiger partial charge < -0.3 is 41.5 Å². The number of carbonyl (C=O) groups is 3. The number of nitrogens with two attached hydrogens (primary N) is 1. The summed E-state index contributed by atoms with van der Waals surface area (Å²) in [5.74, 6) is -6.67. The smallest absolute Gasteiger partial charge is 0.255 e. The lowest BCUT2D eigenvalue weighted by molar-refractivity contribution is -0.147. The number of phenols is 1. The highest BCUT2D eigenvalue weighted by atomic mass is 16.3. The maximum Gasteiger partial charge on any atom is 0.255 e. The number of amides is 1. The third-order valence-electron chi connectivity index (χ3n) is 7.52. The summed E-state index contributed by atoms with van der Waals surface area (Å²) in [6, 6.07) is 1.69. The minimum absolute atomic E-state index is 0.00168. The second-order valence-electron chi connectivity index (χ2n) is 9.89. The van der Waals surface area contributed by atoms with E-state index in [2.05, 4.69) is 5.32 Å². The number of hydrogen-bond acceptors (Lipinski definition) is 10. The zero-order valence-corrected chi connectivity index (χ0v) is 20.3. The molecule has 1 unspecified atom stereocenters. The van der Waals surface area contributed by atoms with E-state index in [0.717, 1.165) is 0 Å². The quantitative estimate of drug-likeness (QED) is 0.215. The molecule has 1 fully saturated rings. The van der Waals surface area contributed by atoms with Gasteiger partial charge in [-0.25, -0.2) is 0 Å². The number of phenolic OH excluding ortho intramolecular Hbond substituents is 1. The normalized spacial score (nSPS) is 26.2. The van der Waals surface area contributed by atoms with Crippen LogP contribution in [0.4, 0.5) is 11.4 Å². The summed E-state index contributed by atoms with van der Waals surface area (Å²) >= 11 is 0. The first kappa shape index (κ1) is 25.5. The molecule has 11 nitrogen and oxygen atoms in total. The van der Waals surface area contributed by atoms with Crippen molar-refractivity contribution in [1.82, 2.24) is 0 Å². The Balaban J connectivity index is 1.90. The van der Waals surface area contributed by atoms with Crippen molar-refractivity contribution in [3.8, 4) is 5.75 Å². The van der Waals surface area contributed by atoms with E-state index in [4.69, 9.17) is 5.73 Å². The number of aliphatic hydroxyl groups excluding tert-OH is 3. The molecule has 0 bridgehead atoms. The van der Waals surface area contributed by atoms with Crippen LogP contribution in [0, 0.1) is 11.8 Å². The fourth-order valence-corrected chi connectivity index (χ4v) is 5.58. The molecule has 0 radical (unpaired) electrons. The first-order valence-electron chi connectivity index (χ1n) is 11.8. The highest BCUT2D eigenvalue weighted by Gasteiger charge is 2.60. The number of rotatable bonds is 6.